The molecule has 4 N–H and O–H groups in total. The van der Waals surface area contributed by atoms with Gasteiger partial charge in [0.2, 0.25) is 5.95 Å². The van der Waals surface area contributed by atoms with Crippen molar-refractivity contribution in [2.75, 3.05) is 5.32 Å². The molecular weight excluding hydrogens is 368 g/mol. The monoisotopic (exact) mass is 387 g/mol. The van der Waals surface area contributed by atoms with Crippen LogP contribution in [0.5, 0.6) is 0 Å². The normalized spacial score (nSPS) is 16.8. The lowest BCUT2D eigenvalue weighted by molar-refractivity contribution is -0.0833. The maximum atomic E-state index is 12.9. The van der Waals surface area contributed by atoms with Gasteiger partial charge < -0.3 is 16.2 Å². The van der Waals surface area contributed by atoms with Crippen molar-refractivity contribution >= 4 is 18.1 Å². The molecule has 0 radical (unpaired) electrons. The molecule has 0 spiro atoms. The molecule has 1 aliphatic rings. The zero-order valence-corrected chi connectivity index (χ0v) is 15.1. The summed E-state index contributed by atoms with van der Waals surface area (Å²) in [5, 5.41) is 11.9. The highest BCUT2D eigenvalue weighted by atomic mass is 19.3. The number of allylic oxidation sites excluding steroid dienone is 1. The lowest BCUT2D eigenvalue weighted by Gasteiger charge is -2.31. The quantitative estimate of drug-likeness (QED) is 0.656. The largest absolute Gasteiger partial charge is 0.478 e. The van der Waals surface area contributed by atoms with Gasteiger partial charge in [-0.2, -0.15) is 0 Å². The van der Waals surface area contributed by atoms with E-state index in [2.05, 4.69) is 20.3 Å². The van der Waals surface area contributed by atoms with Crippen LogP contribution in [0.25, 0.3) is 11.3 Å². The van der Waals surface area contributed by atoms with E-state index in [0.717, 1.165) is 11.1 Å². The van der Waals surface area contributed by atoms with Crippen LogP contribution in [0.15, 0.2) is 47.4 Å². The number of alkyl halides is 2. The molecule has 1 fully saturated rings. The molecule has 1 aromatic carbocycles. The molecule has 0 unspecified atom stereocenters. The summed E-state index contributed by atoms with van der Waals surface area (Å²) in [6.45, 7) is 1.84. The Morgan fingerprint density at radius 3 is 2.61 bits per heavy atom. The highest BCUT2D eigenvalue weighted by molar-refractivity contribution is 5.88. The summed E-state index contributed by atoms with van der Waals surface area (Å²) in [4.78, 5) is 23.7. The van der Waals surface area contributed by atoms with Gasteiger partial charge in [0.1, 0.15) is 0 Å². The molecule has 28 heavy (non-hydrogen) atoms. The molecule has 1 heterocycles. The molecule has 9 heteroatoms. The van der Waals surface area contributed by atoms with Crippen molar-refractivity contribution in [3.8, 4) is 11.3 Å². The van der Waals surface area contributed by atoms with E-state index in [9.17, 15) is 13.6 Å². The number of aliphatic imine (C=N–C) groups is 1. The highest BCUT2D eigenvalue weighted by Crippen LogP contribution is 2.39. The van der Waals surface area contributed by atoms with Crippen molar-refractivity contribution in [1.29, 1.82) is 0 Å². The van der Waals surface area contributed by atoms with Gasteiger partial charge in [-0.1, -0.05) is 12.1 Å². The summed E-state index contributed by atoms with van der Waals surface area (Å²) in [5.41, 5.74) is 8.29. The first-order valence-electron chi connectivity index (χ1n) is 8.55. The first kappa shape index (κ1) is 19.4. The molecule has 1 aliphatic carbocycles. The zero-order valence-electron chi connectivity index (χ0n) is 15.1. The smallest absolute Gasteiger partial charge is 0.335 e. The standard InChI is InChI=1S/C19H19F2N5O2/c1-11-9-24-18(25-15(8-22)10-23-14-6-19(20,21)7-14)26-16(11)12-2-4-13(5-3-12)17(27)28/h2-5,8-10,14H,6-7,22H2,1H3,(H,27,28)(H,24,25,26). The van der Waals surface area contributed by atoms with Crippen molar-refractivity contribution in [1.82, 2.24) is 9.97 Å². The molecule has 0 atom stereocenters. The maximum absolute atomic E-state index is 12.9. The molecule has 3 rings (SSSR count). The minimum atomic E-state index is -2.63. The van der Waals surface area contributed by atoms with E-state index in [1.165, 1.54) is 24.5 Å². The van der Waals surface area contributed by atoms with Crippen LogP contribution in [-0.2, 0) is 0 Å². The molecular formula is C19H19F2N5O2. The second kappa shape index (κ2) is 7.71. The summed E-state index contributed by atoms with van der Waals surface area (Å²) >= 11 is 0. The fraction of sp³-hybridized carbons (Fsp3) is 0.263. The number of carboxylic acid groups (broad SMARTS) is 1. The van der Waals surface area contributed by atoms with Gasteiger partial charge in [-0.3, -0.25) is 4.99 Å². The number of aromatic carboxylic acids is 1. The molecule has 146 valence electrons. The Labute approximate surface area is 160 Å². The minimum absolute atomic E-state index is 0.181. The average Bonchev–Trinajstić information content (AvgIpc) is 2.64. The molecule has 0 aliphatic heterocycles. The van der Waals surface area contributed by atoms with E-state index in [4.69, 9.17) is 10.8 Å². The number of nitrogens with one attached hydrogen (secondary N) is 1. The van der Waals surface area contributed by atoms with Crippen LogP contribution in [0.3, 0.4) is 0 Å². The van der Waals surface area contributed by atoms with E-state index in [0.29, 0.717) is 11.4 Å². The second-order valence-corrected chi connectivity index (χ2v) is 6.55. The summed E-state index contributed by atoms with van der Waals surface area (Å²) in [6.07, 6.45) is 3.74. The Bertz CT molecular complexity index is 934. The SMILES string of the molecule is Cc1cnc(NC(C=NC2CC(F)(F)C2)=CN)nc1-c1ccc(C(=O)O)cc1. The number of rotatable bonds is 6. The van der Waals surface area contributed by atoms with Crippen LogP contribution in [0.2, 0.25) is 0 Å². The maximum Gasteiger partial charge on any atom is 0.335 e. The van der Waals surface area contributed by atoms with Crippen LogP contribution in [0, 0.1) is 6.92 Å². The van der Waals surface area contributed by atoms with Gasteiger partial charge in [0.25, 0.3) is 5.92 Å². The lowest BCUT2D eigenvalue weighted by Crippen LogP contribution is -2.38. The van der Waals surface area contributed by atoms with Crippen molar-refractivity contribution in [2.45, 2.75) is 31.7 Å². The van der Waals surface area contributed by atoms with Crippen molar-refractivity contribution in [2.24, 2.45) is 10.7 Å². The lowest BCUT2D eigenvalue weighted by atomic mass is 9.89. The molecule has 1 saturated carbocycles. The third-order valence-corrected chi connectivity index (χ3v) is 4.31. The molecule has 0 saturated heterocycles. The molecule has 1 aromatic heterocycles. The fourth-order valence-corrected chi connectivity index (χ4v) is 2.73. The van der Waals surface area contributed by atoms with Crippen molar-refractivity contribution < 1.29 is 18.7 Å². The van der Waals surface area contributed by atoms with Crippen molar-refractivity contribution in [3.05, 3.63) is 53.5 Å². The third kappa shape index (κ3) is 4.48. The topological polar surface area (TPSA) is 113 Å². The van der Waals surface area contributed by atoms with Gasteiger partial charge in [0, 0.05) is 37.0 Å². The average molecular weight is 387 g/mol. The Kier molecular flexibility index (Phi) is 5.34. The Balaban J connectivity index is 1.75. The number of carboxylic acids is 1. The number of aromatic nitrogens is 2. The van der Waals surface area contributed by atoms with E-state index < -0.39 is 17.9 Å². The predicted molar refractivity (Wildman–Crippen MR) is 102 cm³/mol. The van der Waals surface area contributed by atoms with Gasteiger partial charge >= 0.3 is 5.97 Å². The Morgan fingerprint density at radius 2 is 2.04 bits per heavy atom. The zero-order chi connectivity index (χ0) is 20.3. The van der Waals surface area contributed by atoms with Gasteiger partial charge in [-0.15, -0.1) is 0 Å². The number of anilines is 1. The summed E-state index contributed by atoms with van der Waals surface area (Å²) in [6, 6.07) is 5.91. The summed E-state index contributed by atoms with van der Waals surface area (Å²) in [7, 11) is 0. The summed E-state index contributed by atoms with van der Waals surface area (Å²) in [5.74, 6) is -3.38. The van der Waals surface area contributed by atoms with Gasteiger partial charge in [0.05, 0.1) is 23.0 Å². The van der Waals surface area contributed by atoms with E-state index in [1.54, 1.807) is 18.3 Å². The number of nitrogens with two attached hydrogens (primary N) is 1. The van der Waals surface area contributed by atoms with E-state index in [1.807, 2.05) is 6.92 Å². The molecule has 0 bridgehead atoms. The van der Waals surface area contributed by atoms with Crippen LogP contribution in [0.4, 0.5) is 14.7 Å². The first-order chi connectivity index (χ1) is 13.3. The van der Waals surface area contributed by atoms with Crippen LogP contribution in [-0.4, -0.2) is 39.2 Å². The molecule has 7 nitrogen and oxygen atoms in total. The van der Waals surface area contributed by atoms with Crippen LogP contribution < -0.4 is 11.1 Å². The number of hydrogen-bond acceptors (Lipinski definition) is 6. The van der Waals surface area contributed by atoms with Gasteiger partial charge in [-0.25, -0.2) is 23.5 Å². The number of carbonyl (C=O) groups is 1. The number of nitrogens with zero attached hydrogens (tertiary/aromatic N) is 3. The third-order valence-electron chi connectivity index (χ3n) is 4.31. The number of benzene rings is 1. The molecule has 0 amide bonds. The Morgan fingerprint density at radius 1 is 1.36 bits per heavy atom. The first-order valence-corrected chi connectivity index (χ1v) is 8.55. The van der Waals surface area contributed by atoms with E-state index >= 15 is 0 Å². The second-order valence-electron chi connectivity index (χ2n) is 6.55. The summed E-state index contributed by atoms with van der Waals surface area (Å²) < 4.78 is 25.7. The van der Waals surface area contributed by atoms with Crippen LogP contribution in [0.1, 0.15) is 28.8 Å². The number of halogens is 2. The van der Waals surface area contributed by atoms with Gasteiger partial charge in [-0.05, 0) is 24.6 Å². The minimum Gasteiger partial charge on any atom is -0.478 e. The number of aryl methyl sites for hydroxylation is 1. The predicted octanol–water partition coefficient (Wildman–Crippen LogP) is 3.23. The van der Waals surface area contributed by atoms with Crippen LogP contribution >= 0.6 is 0 Å². The fourth-order valence-electron chi connectivity index (χ4n) is 2.73. The van der Waals surface area contributed by atoms with Gasteiger partial charge in [0.15, 0.2) is 0 Å². The highest BCUT2D eigenvalue weighted by Gasteiger charge is 2.45. The van der Waals surface area contributed by atoms with E-state index in [-0.39, 0.29) is 24.4 Å². The van der Waals surface area contributed by atoms with Crippen molar-refractivity contribution in [3.63, 3.8) is 0 Å². The molecule has 2 aromatic rings. The number of hydrogen-bond donors (Lipinski definition) is 3. The Hall–Kier alpha value is -3.36.